The van der Waals surface area contributed by atoms with Gasteiger partial charge in [-0.05, 0) is 43.4 Å². The summed E-state index contributed by atoms with van der Waals surface area (Å²) in [5.41, 5.74) is 1.06. The van der Waals surface area contributed by atoms with Gasteiger partial charge in [0.05, 0.1) is 12.6 Å². The molecule has 0 radical (unpaired) electrons. The van der Waals surface area contributed by atoms with E-state index in [2.05, 4.69) is 5.32 Å². The summed E-state index contributed by atoms with van der Waals surface area (Å²) in [6.45, 7) is 1.70. The van der Waals surface area contributed by atoms with Crippen LogP contribution in [0.3, 0.4) is 0 Å². The Morgan fingerprint density at radius 3 is 2.57 bits per heavy atom. The smallest absolute Gasteiger partial charge is 0.416 e. The van der Waals surface area contributed by atoms with Gasteiger partial charge in [-0.2, -0.15) is 0 Å². The average molecular weight is 411 g/mol. The Hall–Kier alpha value is -3.03. The number of aromatic nitrogens is 1. The lowest BCUT2D eigenvalue weighted by molar-refractivity contribution is -0.139. The van der Waals surface area contributed by atoms with E-state index in [1.807, 2.05) is 11.0 Å². The van der Waals surface area contributed by atoms with Crippen LogP contribution in [0.2, 0.25) is 0 Å². The predicted octanol–water partition coefficient (Wildman–Crippen LogP) is 2.58. The van der Waals surface area contributed by atoms with Crippen molar-refractivity contribution in [3.63, 3.8) is 0 Å². The molecule has 1 saturated heterocycles. The van der Waals surface area contributed by atoms with Crippen LogP contribution in [0.15, 0.2) is 18.2 Å². The number of rotatable bonds is 2. The van der Waals surface area contributed by atoms with Gasteiger partial charge in [-0.1, -0.05) is 6.42 Å². The van der Waals surface area contributed by atoms with Gasteiger partial charge in [0, 0.05) is 42.4 Å². The van der Waals surface area contributed by atoms with E-state index < -0.39 is 6.09 Å². The maximum atomic E-state index is 12.8. The minimum Gasteiger partial charge on any atom is -0.497 e. The summed E-state index contributed by atoms with van der Waals surface area (Å²) in [6.07, 6.45) is 3.29. The Balaban J connectivity index is 1.59. The van der Waals surface area contributed by atoms with E-state index >= 15 is 0 Å². The molecule has 1 aliphatic carbocycles. The molecule has 2 fully saturated rings. The lowest BCUT2D eigenvalue weighted by Crippen LogP contribution is -2.55. The molecule has 8 heteroatoms. The first-order valence-electron chi connectivity index (χ1n) is 10.5. The van der Waals surface area contributed by atoms with Crippen molar-refractivity contribution in [3.8, 4) is 5.75 Å². The van der Waals surface area contributed by atoms with E-state index in [0.29, 0.717) is 43.7 Å². The minimum absolute atomic E-state index is 0.169. The largest absolute Gasteiger partial charge is 0.497 e. The Kier molecular flexibility index (Phi) is 4.27. The molecular formula is C22H25N3O5. The Morgan fingerprint density at radius 1 is 1.23 bits per heavy atom. The summed E-state index contributed by atoms with van der Waals surface area (Å²) in [7, 11) is 1.53. The molecule has 0 atom stereocenters. The highest BCUT2D eigenvalue weighted by atomic mass is 16.5. The zero-order chi connectivity index (χ0) is 21.0. The molecule has 1 aromatic carbocycles. The number of hydrogen-bond donors (Lipinski definition) is 2. The number of carbonyl (C=O) groups excluding carboxylic acids is 2. The number of likely N-dealkylation sites (tertiary alicyclic amines) is 1. The molecule has 0 bridgehead atoms. The molecule has 2 aliphatic heterocycles. The van der Waals surface area contributed by atoms with Crippen molar-refractivity contribution in [1.82, 2.24) is 14.8 Å². The molecule has 5 rings (SSSR count). The number of fused-ring (bicyclic) bond motifs is 4. The molecule has 30 heavy (non-hydrogen) atoms. The summed E-state index contributed by atoms with van der Waals surface area (Å²) in [5, 5.41) is 13.6. The van der Waals surface area contributed by atoms with Crippen LogP contribution in [0.4, 0.5) is 4.79 Å². The van der Waals surface area contributed by atoms with E-state index in [1.54, 1.807) is 12.1 Å². The standard InChI is InChI=1S/C22H25N3O5/c1-30-14-5-6-15-16(11-14)25(21(28)29)18-17(15)22(12-23-19(18)26)7-9-24(10-8-22)20(27)13-3-2-4-13/h5-6,11,13H,2-4,7-10,12H2,1H3,(H,23,26)(H,28,29). The second kappa shape index (κ2) is 6.75. The third kappa shape index (κ3) is 2.62. The van der Waals surface area contributed by atoms with Crippen molar-refractivity contribution < 1.29 is 24.2 Å². The van der Waals surface area contributed by atoms with Crippen LogP contribution >= 0.6 is 0 Å². The molecule has 158 valence electrons. The molecular weight excluding hydrogens is 386 g/mol. The fraction of sp³-hybridized carbons (Fsp3) is 0.500. The second-order valence-corrected chi connectivity index (χ2v) is 8.64. The third-order valence-electron chi connectivity index (χ3n) is 7.19. The number of carbonyl (C=O) groups is 3. The van der Waals surface area contributed by atoms with Crippen molar-refractivity contribution in [2.45, 2.75) is 37.5 Å². The molecule has 2 aromatic rings. The van der Waals surface area contributed by atoms with Crippen molar-refractivity contribution in [2.75, 3.05) is 26.7 Å². The first-order valence-corrected chi connectivity index (χ1v) is 10.5. The number of nitrogens with zero attached hydrogens (tertiary/aromatic N) is 2. The second-order valence-electron chi connectivity index (χ2n) is 8.64. The molecule has 1 aromatic heterocycles. The summed E-state index contributed by atoms with van der Waals surface area (Å²) < 4.78 is 6.36. The van der Waals surface area contributed by atoms with Gasteiger partial charge < -0.3 is 20.1 Å². The molecule has 3 heterocycles. The number of carboxylic acid groups (broad SMARTS) is 1. The Bertz CT molecular complexity index is 1060. The SMILES string of the molecule is COc1ccc2c3c(n(C(=O)O)c2c1)C(=O)NCC31CCN(C(=O)C2CCC2)CC1. The highest BCUT2D eigenvalue weighted by Gasteiger charge is 2.47. The van der Waals surface area contributed by atoms with E-state index in [9.17, 15) is 19.5 Å². The van der Waals surface area contributed by atoms with Gasteiger partial charge in [-0.3, -0.25) is 9.59 Å². The van der Waals surface area contributed by atoms with Crippen LogP contribution in [0.1, 0.15) is 48.2 Å². The van der Waals surface area contributed by atoms with E-state index in [1.165, 1.54) is 7.11 Å². The molecule has 8 nitrogen and oxygen atoms in total. The summed E-state index contributed by atoms with van der Waals surface area (Å²) >= 11 is 0. The first-order chi connectivity index (χ1) is 14.4. The van der Waals surface area contributed by atoms with E-state index in [-0.39, 0.29) is 28.8 Å². The highest BCUT2D eigenvalue weighted by molar-refractivity contribution is 6.08. The molecule has 3 aliphatic rings. The summed E-state index contributed by atoms with van der Waals surface area (Å²) in [5.74, 6) is 0.576. The van der Waals surface area contributed by atoms with Gasteiger partial charge in [-0.15, -0.1) is 0 Å². The van der Waals surface area contributed by atoms with Gasteiger partial charge in [0.25, 0.3) is 5.91 Å². The number of hydrogen-bond acceptors (Lipinski definition) is 4. The highest BCUT2D eigenvalue weighted by Crippen LogP contribution is 2.45. The average Bonchev–Trinajstić information content (AvgIpc) is 3.06. The topological polar surface area (TPSA) is 101 Å². The first kappa shape index (κ1) is 19.0. The van der Waals surface area contributed by atoms with Gasteiger partial charge in [-0.25, -0.2) is 9.36 Å². The fourth-order valence-electron chi connectivity index (χ4n) is 5.26. The third-order valence-corrected chi connectivity index (χ3v) is 7.19. The lowest BCUT2D eigenvalue weighted by Gasteiger charge is -2.45. The number of benzene rings is 1. The zero-order valence-corrected chi connectivity index (χ0v) is 16.9. The van der Waals surface area contributed by atoms with Crippen molar-refractivity contribution in [2.24, 2.45) is 5.92 Å². The van der Waals surface area contributed by atoms with Crippen molar-refractivity contribution >= 4 is 28.8 Å². The summed E-state index contributed by atoms with van der Waals surface area (Å²) in [6, 6.07) is 5.31. The van der Waals surface area contributed by atoms with E-state index in [0.717, 1.165) is 34.8 Å². The monoisotopic (exact) mass is 411 g/mol. The van der Waals surface area contributed by atoms with Crippen LogP contribution in [0.5, 0.6) is 5.75 Å². The number of amides is 2. The number of piperidine rings is 1. The van der Waals surface area contributed by atoms with Gasteiger partial charge in [0.2, 0.25) is 5.91 Å². The zero-order valence-electron chi connectivity index (χ0n) is 16.9. The number of methoxy groups -OCH3 is 1. The number of ether oxygens (including phenoxy) is 1. The quantitative estimate of drug-likeness (QED) is 0.791. The Labute approximate surface area is 173 Å². The van der Waals surface area contributed by atoms with E-state index in [4.69, 9.17) is 4.74 Å². The van der Waals surface area contributed by atoms with Crippen LogP contribution < -0.4 is 10.1 Å². The Morgan fingerprint density at radius 2 is 1.97 bits per heavy atom. The van der Waals surface area contributed by atoms with Crippen LogP contribution in [-0.2, 0) is 10.2 Å². The van der Waals surface area contributed by atoms with Crippen LogP contribution in [-0.4, -0.2) is 59.2 Å². The minimum atomic E-state index is -1.20. The molecule has 1 spiro atoms. The molecule has 1 saturated carbocycles. The molecule has 0 unspecified atom stereocenters. The van der Waals surface area contributed by atoms with Gasteiger partial charge in [0.1, 0.15) is 11.4 Å². The fourth-order valence-corrected chi connectivity index (χ4v) is 5.26. The molecule has 2 amide bonds. The van der Waals surface area contributed by atoms with Crippen molar-refractivity contribution in [1.29, 1.82) is 0 Å². The number of nitrogens with one attached hydrogen (secondary N) is 1. The van der Waals surface area contributed by atoms with Crippen LogP contribution in [0.25, 0.3) is 10.9 Å². The maximum Gasteiger partial charge on any atom is 0.416 e. The summed E-state index contributed by atoms with van der Waals surface area (Å²) in [4.78, 5) is 39.5. The lowest BCUT2D eigenvalue weighted by atomic mass is 9.69. The predicted molar refractivity (Wildman–Crippen MR) is 109 cm³/mol. The van der Waals surface area contributed by atoms with Crippen molar-refractivity contribution in [3.05, 3.63) is 29.5 Å². The molecule has 2 N–H and O–H groups in total. The van der Waals surface area contributed by atoms with Gasteiger partial charge in [0.15, 0.2) is 0 Å². The van der Waals surface area contributed by atoms with Gasteiger partial charge >= 0.3 is 6.09 Å². The maximum absolute atomic E-state index is 12.8. The normalized spacial score (nSPS) is 20.6. The van der Waals surface area contributed by atoms with Crippen LogP contribution in [0, 0.1) is 5.92 Å².